The smallest absolute Gasteiger partial charge is 0.325 e. The maximum atomic E-state index is 13.3. The Balaban J connectivity index is 3.02. The second-order valence-corrected chi connectivity index (χ2v) is 8.88. The lowest BCUT2D eigenvalue weighted by atomic mass is 10.0. The molecule has 1 aromatic rings. The second kappa shape index (κ2) is 17.2. The maximum absolute atomic E-state index is 13.3. The standard InChI is InChI=1S/C24H40N10O5/c1-14(22(38)39)32-21(37)18(13-15-7-3-2-4-8-15)34-20(36)17(10-6-12-31-24(28)29)33-19(35)16(25)9-5-11-30-23(26)27/h2-4,7-8,14,16-18H,5-6,9-13,25H2,1H3,(H,32,37)(H,33,35)(H,34,36)(H,38,39)(H4,26,27,30)(H4,28,29,31). The average molecular weight is 549 g/mol. The zero-order valence-corrected chi connectivity index (χ0v) is 22.0. The fourth-order valence-electron chi connectivity index (χ4n) is 3.41. The fourth-order valence-corrected chi connectivity index (χ4v) is 3.41. The number of hydrogen-bond donors (Lipinski definition) is 9. The van der Waals surface area contributed by atoms with Gasteiger partial charge in [-0.05, 0) is 38.2 Å². The van der Waals surface area contributed by atoms with Crippen molar-refractivity contribution in [2.45, 2.75) is 63.2 Å². The Morgan fingerprint density at radius 3 is 1.85 bits per heavy atom. The number of rotatable bonds is 17. The van der Waals surface area contributed by atoms with E-state index in [1.165, 1.54) is 6.92 Å². The number of nitrogens with zero attached hydrogens (tertiary/aromatic N) is 2. The molecule has 0 aliphatic heterocycles. The first-order valence-corrected chi connectivity index (χ1v) is 12.4. The Labute approximate surface area is 227 Å². The average Bonchev–Trinajstić information content (AvgIpc) is 2.87. The molecule has 216 valence electrons. The molecule has 0 aromatic heterocycles. The van der Waals surface area contributed by atoms with Crippen LogP contribution < -0.4 is 44.6 Å². The molecule has 1 rings (SSSR count). The van der Waals surface area contributed by atoms with E-state index in [4.69, 9.17) is 28.7 Å². The third kappa shape index (κ3) is 13.6. The molecule has 0 saturated carbocycles. The van der Waals surface area contributed by atoms with Crippen LogP contribution in [0, 0.1) is 0 Å². The van der Waals surface area contributed by atoms with Gasteiger partial charge in [0, 0.05) is 19.5 Å². The van der Waals surface area contributed by atoms with Crippen molar-refractivity contribution >= 4 is 35.6 Å². The van der Waals surface area contributed by atoms with Gasteiger partial charge in [-0.3, -0.25) is 29.2 Å². The predicted octanol–water partition coefficient (Wildman–Crippen LogP) is -2.78. The Hall–Kier alpha value is -4.40. The van der Waals surface area contributed by atoms with Crippen molar-refractivity contribution in [2.24, 2.45) is 38.7 Å². The second-order valence-electron chi connectivity index (χ2n) is 8.88. The molecule has 14 N–H and O–H groups in total. The molecule has 4 unspecified atom stereocenters. The number of guanidine groups is 2. The van der Waals surface area contributed by atoms with E-state index in [1.807, 2.05) is 0 Å². The van der Waals surface area contributed by atoms with Crippen LogP contribution in [0.15, 0.2) is 40.3 Å². The summed E-state index contributed by atoms with van der Waals surface area (Å²) in [7, 11) is 0. The summed E-state index contributed by atoms with van der Waals surface area (Å²) >= 11 is 0. The van der Waals surface area contributed by atoms with E-state index in [0.717, 1.165) is 5.56 Å². The van der Waals surface area contributed by atoms with E-state index in [0.29, 0.717) is 12.8 Å². The van der Waals surface area contributed by atoms with Crippen molar-refractivity contribution in [2.75, 3.05) is 13.1 Å². The van der Waals surface area contributed by atoms with Crippen molar-refractivity contribution in [3.8, 4) is 0 Å². The van der Waals surface area contributed by atoms with Crippen LogP contribution in [0.25, 0.3) is 0 Å². The minimum atomic E-state index is -1.23. The zero-order chi connectivity index (χ0) is 29.4. The minimum absolute atomic E-state index is 0.0719. The van der Waals surface area contributed by atoms with Gasteiger partial charge in [0.15, 0.2) is 11.9 Å². The highest BCUT2D eigenvalue weighted by Crippen LogP contribution is 2.07. The maximum Gasteiger partial charge on any atom is 0.325 e. The summed E-state index contributed by atoms with van der Waals surface area (Å²) in [5.41, 5.74) is 28.0. The van der Waals surface area contributed by atoms with Gasteiger partial charge in [0.25, 0.3) is 0 Å². The van der Waals surface area contributed by atoms with Crippen LogP contribution in [0.5, 0.6) is 0 Å². The summed E-state index contributed by atoms with van der Waals surface area (Å²) < 4.78 is 0. The topological polar surface area (TPSA) is 279 Å². The van der Waals surface area contributed by atoms with E-state index in [2.05, 4.69) is 25.9 Å². The number of carbonyl (C=O) groups is 4. The van der Waals surface area contributed by atoms with Gasteiger partial charge in [0.1, 0.15) is 18.1 Å². The molecule has 0 bridgehead atoms. The van der Waals surface area contributed by atoms with Gasteiger partial charge in [0.2, 0.25) is 17.7 Å². The van der Waals surface area contributed by atoms with Gasteiger partial charge in [-0.25, -0.2) is 0 Å². The molecule has 4 atom stereocenters. The summed E-state index contributed by atoms with van der Waals surface area (Å²) in [5, 5.41) is 16.8. The lowest BCUT2D eigenvalue weighted by Gasteiger charge is -2.25. The van der Waals surface area contributed by atoms with Crippen LogP contribution in [0.2, 0.25) is 0 Å². The number of hydrogen-bond acceptors (Lipinski definition) is 7. The number of nitrogens with two attached hydrogens (primary N) is 5. The van der Waals surface area contributed by atoms with Crippen LogP contribution in [-0.4, -0.2) is 78.0 Å². The van der Waals surface area contributed by atoms with Crippen molar-refractivity contribution in [3.63, 3.8) is 0 Å². The van der Waals surface area contributed by atoms with Gasteiger partial charge < -0.3 is 49.7 Å². The first-order valence-electron chi connectivity index (χ1n) is 12.4. The summed E-state index contributed by atoms with van der Waals surface area (Å²) in [5.74, 6) is -3.34. The van der Waals surface area contributed by atoms with Gasteiger partial charge in [-0.15, -0.1) is 0 Å². The number of carboxylic acids is 1. The van der Waals surface area contributed by atoms with Crippen LogP contribution in [0.3, 0.4) is 0 Å². The molecule has 0 radical (unpaired) electrons. The van der Waals surface area contributed by atoms with E-state index in [-0.39, 0.29) is 44.3 Å². The van der Waals surface area contributed by atoms with Crippen molar-refractivity contribution < 1.29 is 24.3 Å². The molecule has 15 nitrogen and oxygen atoms in total. The Kier molecular flexibility index (Phi) is 14.4. The monoisotopic (exact) mass is 548 g/mol. The highest BCUT2D eigenvalue weighted by Gasteiger charge is 2.29. The Bertz CT molecular complexity index is 1010. The number of amides is 3. The van der Waals surface area contributed by atoms with Crippen LogP contribution >= 0.6 is 0 Å². The third-order valence-corrected chi connectivity index (χ3v) is 5.53. The minimum Gasteiger partial charge on any atom is -0.480 e. The number of carbonyl (C=O) groups excluding carboxylic acids is 3. The molecule has 1 aromatic carbocycles. The predicted molar refractivity (Wildman–Crippen MR) is 147 cm³/mol. The number of nitrogens with one attached hydrogen (secondary N) is 3. The molecule has 0 spiro atoms. The molecule has 0 heterocycles. The highest BCUT2D eigenvalue weighted by molar-refractivity contribution is 5.94. The van der Waals surface area contributed by atoms with E-state index in [1.54, 1.807) is 30.3 Å². The number of carboxylic acid groups (broad SMARTS) is 1. The molecule has 15 heteroatoms. The van der Waals surface area contributed by atoms with Gasteiger partial charge in [-0.1, -0.05) is 30.3 Å². The quantitative estimate of drug-likeness (QED) is 0.0548. The van der Waals surface area contributed by atoms with Crippen molar-refractivity contribution in [1.29, 1.82) is 0 Å². The lowest BCUT2D eigenvalue weighted by molar-refractivity contribution is -0.141. The highest BCUT2D eigenvalue weighted by atomic mass is 16.4. The first-order chi connectivity index (χ1) is 18.4. The molecule has 39 heavy (non-hydrogen) atoms. The normalized spacial score (nSPS) is 13.6. The fraction of sp³-hybridized carbons (Fsp3) is 0.500. The summed E-state index contributed by atoms with van der Waals surface area (Å²) in [6.45, 7) is 1.80. The summed E-state index contributed by atoms with van der Waals surface area (Å²) in [6.07, 6.45) is 1.26. The summed E-state index contributed by atoms with van der Waals surface area (Å²) in [6, 6.07) is 4.57. The lowest BCUT2D eigenvalue weighted by Crippen LogP contribution is -2.57. The summed E-state index contributed by atoms with van der Waals surface area (Å²) in [4.78, 5) is 57.9. The molecule has 0 saturated heterocycles. The van der Waals surface area contributed by atoms with Gasteiger partial charge in [0.05, 0.1) is 6.04 Å². The number of aliphatic carboxylic acids is 1. The van der Waals surface area contributed by atoms with Crippen molar-refractivity contribution in [3.05, 3.63) is 35.9 Å². The number of aliphatic imine (C=N–C) groups is 2. The van der Waals surface area contributed by atoms with Crippen LogP contribution in [-0.2, 0) is 25.6 Å². The third-order valence-electron chi connectivity index (χ3n) is 5.53. The SMILES string of the molecule is CC(NC(=O)C(Cc1ccccc1)NC(=O)C(CCCN=C(N)N)NC(=O)C(N)CCCN=C(N)N)C(=O)O. The zero-order valence-electron chi connectivity index (χ0n) is 22.0. The molecular formula is C24H40N10O5. The number of benzene rings is 1. The van der Waals surface area contributed by atoms with Crippen molar-refractivity contribution in [1.82, 2.24) is 16.0 Å². The Morgan fingerprint density at radius 1 is 0.795 bits per heavy atom. The largest absolute Gasteiger partial charge is 0.480 e. The van der Waals surface area contributed by atoms with E-state index >= 15 is 0 Å². The molecule has 0 aliphatic carbocycles. The Morgan fingerprint density at radius 2 is 1.31 bits per heavy atom. The van der Waals surface area contributed by atoms with Crippen LogP contribution in [0.4, 0.5) is 0 Å². The van der Waals surface area contributed by atoms with Gasteiger partial charge >= 0.3 is 5.97 Å². The molecule has 0 fully saturated rings. The molecule has 0 aliphatic rings. The molecular weight excluding hydrogens is 508 g/mol. The van der Waals surface area contributed by atoms with Crippen LogP contribution in [0.1, 0.15) is 38.2 Å². The van der Waals surface area contributed by atoms with E-state index in [9.17, 15) is 24.3 Å². The first kappa shape index (κ1) is 32.6. The van der Waals surface area contributed by atoms with E-state index < -0.39 is 47.9 Å². The van der Waals surface area contributed by atoms with Gasteiger partial charge in [-0.2, -0.15) is 0 Å². The molecule has 3 amide bonds.